The lowest BCUT2D eigenvalue weighted by atomic mass is 10.0. The maximum Gasteiger partial charge on any atom is 0.257 e. The van der Waals surface area contributed by atoms with E-state index < -0.39 is 0 Å². The minimum Gasteiger partial charge on any atom is -0.360 e. The number of anilines is 1. The van der Waals surface area contributed by atoms with Gasteiger partial charge in [0.15, 0.2) is 5.82 Å². The van der Waals surface area contributed by atoms with Crippen molar-refractivity contribution in [3.63, 3.8) is 0 Å². The molecule has 0 fully saturated rings. The number of hydrogen-bond acceptors (Lipinski definition) is 5. The number of fused-ring (bicyclic) bond motifs is 1. The molecular weight excluding hydrogens is 352 g/mol. The van der Waals surface area contributed by atoms with E-state index in [2.05, 4.69) is 20.4 Å². The summed E-state index contributed by atoms with van der Waals surface area (Å²) in [4.78, 5) is 21.5. The Morgan fingerprint density at radius 1 is 1.12 bits per heavy atom. The molecule has 6 nitrogen and oxygen atoms in total. The minimum atomic E-state index is -0.316. The number of carbonyl (C=O) groups excluding carboxylic acids is 1. The monoisotopic (exact) mass is 364 g/mol. The molecule has 1 N–H and O–H groups in total. The summed E-state index contributed by atoms with van der Waals surface area (Å²) in [6, 6.07) is 12.3. The van der Waals surface area contributed by atoms with Gasteiger partial charge in [-0.3, -0.25) is 9.78 Å². The highest BCUT2D eigenvalue weighted by Gasteiger charge is 2.16. The Morgan fingerprint density at radius 3 is 2.65 bits per heavy atom. The third kappa shape index (κ3) is 3.14. The molecule has 4 rings (SSSR count). The Balaban J connectivity index is 1.85. The van der Waals surface area contributed by atoms with Crippen LogP contribution in [0, 0.1) is 6.92 Å². The molecule has 0 spiro atoms. The standard InChI is InChI=1S/C19H13ClN4O2/c1-11-8-18(24-26-11)23-19(25)15-10-17(12-4-6-21-7-5-12)22-16-3-2-13(20)9-14(15)16/h2-10H,1H3,(H,23,24,25). The van der Waals surface area contributed by atoms with E-state index in [-0.39, 0.29) is 5.91 Å². The second-order valence-corrected chi connectivity index (χ2v) is 6.17. The summed E-state index contributed by atoms with van der Waals surface area (Å²) >= 11 is 6.12. The van der Waals surface area contributed by atoms with Crippen LogP contribution in [-0.2, 0) is 0 Å². The Bertz CT molecular complexity index is 1110. The van der Waals surface area contributed by atoms with E-state index in [1.165, 1.54) is 0 Å². The molecule has 0 bridgehead atoms. The smallest absolute Gasteiger partial charge is 0.257 e. The van der Waals surface area contributed by atoms with Crippen molar-refractivity contribution < 1.29 is 9.32 Å². The Kier molecular flexibility index (Phi) is 4.10. The zero-order valence-electron chi connectivity index (χ0n) is 13.7. The number of aryl methyl sites for hydroxylation is 1. The molecule has 3 heterocycles. The number of pyridine rings is 2. The number of halogens is 1. The zero-order valence-corrected chi connectivity index (χ0v) is 14.5. The summed E-state index contributed by atoms with van der Waals surface area (Å²) in [6.45, 7) is 1.76. The highest BCUT2D eigenvalue weighted by molar-refractivity contribution is 6.31. The van der Waals surface area contributed by atoms with Gasteiger partial charge >= 0.3 is 0 Å². The van der Waals surface area contributed by atoms with Gasteiger partial charge in [-0.25, -0.2) is 4.98 Å². The number of benzene rings is 1. The molecular formula is C19H13ClN4O2. The third-order valence-corrected chi connectivity index (χ3v) is 4.10. The molecule has 0 atom stereocenters. The zero-order chi connectivity index (χ0) is 18.1. The predicted octanol–water partition coefficient (Wildman–Crippen LogP) is 4.50. The molecule has 1 amide bonds. The summed E-state index contributed by atoms with van der Waals surface area (Å²) in [5.74, 6) is 0.647. The molecule has 3 aromatic heterocycles. The first-order valence-electron chi connectivity index (χ1n) is 7.85. The highest BCUT2D eigenvalue weighted by Crippen LogP contribution is 2.27. The van der Waals surface area contributed by atoms with Crippen LogP contribution < -0.4 is 5.32 Å². The fourth-order valence-electron chi connectivity index (χ4n) is 2.67. The van der Waals surface area contributed by atoms with E-state index in [9.17, 15) is 4.79 Å². The summed E-state index contributed by atoms with van der Waals surface area (Å²) in [6.07, 6.45) is 3.36. The van der Waals surface area contributed by atoms with Crippen molar-refractivity contribution in [2.24, 2.45) is 0 Å². The second-order valence-electron chi connectivity index (χ2n) is 5.73. The van der Waals surface area contributed by atoms with Crippen LogP contribution in [0.5, 0.6) is 0 Å². The Morgan fingerprint density at radius 2 is 1.92 bits per heavy atom. The maximum absolute atomic E-state index is 12.9. The first-order chi connectivity index (χ1) is 12.6. The van der Waals surface area contributed by atoms with E-state index in [0.29, 0.717) is 38.8 Å². The highest BCUT2D eigenvalue weighted by atomic mass is 35.5. The average Bonchev–Trinajstić information content (AvgIpc) is 3.06. The number of aromatic nitrogens is 3. The summed E-state index contributed by atoms with van der Waals surface area (Å²) in [5, 5.41) is 7.74. The van der Waals surface area contributed by atoms with Crippen molar-refractivity contribution in [3.8, 4) is 11.3 Å². The van der Waals surface area contributed by atoms with Gasteiger partial charge in [0.05, 0.1) is 16.8 Å². The van der Waals surface area contributed by atoms with Gasteiger partial charge in [0.1, 0.15) is 5.76 Å². The normalized spacial score (nSPS) is 10.8. The van der Waals surface area contributed by atoms with E-state index in [1.54, 1.807) is 49.6 Å². The molecule has 0 unspecified atom stereocenters. The molecule has 0 saturated heterocycles. The van der Waals surface area contributed by atoms with E-state index in [0.717, 1.165) is 5.56 Å². The average molecular weight is 365 g/mol. The van der Waals surface area contributed by atoms with Crippen molar-refractivity contribution in [3.05, 3.63) is 71.2 Å². The molecule has 0 aliphatic heterocycles. The Labute approximate surface area is 153 Å². The van der Waals surface area contributed by atoms with Crippen molar-refractivity contribution in [2.75, 3.05) is 5.32 Å². The largest absolute Gasteiger partial charge is 0.360 e. The number of hydrogen-bond donors (Lipinski definition) is 1. The maximum atomic E-state index is 12.9. The summed E-state index contributed by atoms with van der Waals surface area (Å²) in [7, 11) is 0. The van der Waals surface area contributed by atoms with Crippen LogP contribution in [0.1, 0.15) is 16.1 Å². The van der Waals surface area contributed by atoms with Gasteiger partial charge in [0.2, 0.25) is 0 Å². The third-order valence-electron chi connectivity index (χ3n) is 3.86. The lowest BCUT2D eigenvalue weighted by Gasteiger charge is -2.10. The molecule has 4 aromatic rings. The molecule has 0 radical (unpaired) electrons. The number of rotatable bonds is 3. The molecule has 26 heavy (non-hydrogen) atoms. The number of nitrogens with zero attached hydrogens (tertiary/aromatic N) is 3. The lowest BCUT2D eigenvalue weighted by Crippen LogP contribution is -2.13. The van der Waals surface area contributed by atoms with Gasteiger partial charge in [0, 0.05) is 34.4 Å². The van der Waals surface area contributed by atoms with Gasteiger partial charge in [-0.1, -0.05) is 16.8 Å². The van der Waals surface area contributed by atoms with E-state index in [4.69, 9.17) is 16.1 Å². The fraction of sp³-hybridized carbons (Fsp3) is 0.0526. The van der Waals surface area contributed by atoms with E-state index >= 15 is 0 Å². The number of nitrogens with one attached hydrogen (secondary N) is 1. The van der Waals surface area contributed by atoms with Gasteiger partial charge < -0.3 is 9.84 Å². The number of carbonyl (C=O) groups is 1. The molecule has 0 saturated carbocycles. The fourth-order valence-corrected chi connectivity index (χ4v) is 2.84. The summed E-state index contributed by atoms with van der Waals surface area (Å²) < 4.78 is 5.00. The molecule has 7 heteroatoms. The first-order valence-corrected chi connectivity index (χ1v) is 8.23. The molecule has 0 aliphatic rings. The van der Waals surface area contributed by atoms with Crippen LogP contribution in [0.2, 0.25) is 5.02 Å². The quantitative estimate of drug-likeness (QED) is 0.579. The second kappa shape index (κ2) is 6.57. The predicted molar refractivity (Wildman–Crippen MR) is 99.2 cm³/mol. The van der Waals surface area contributed by atoms with Gasteiger partial charge in [-0.15, -0.1) is 0 Å². The summed E-state index contributed by atoms with van der Waals surface area (Å²) in [5.41, 5.74) is 2.65. The Hall–Kier alpha value is -3.25. The number of amides is 1. The van der Waals surface area contributed by atoms with Crippen LogP contribution in [0.15, 0.2) is 59.4 Å². The molecule has 1 aromatic carbocycles. The molecule has 128 valence electrons. The topological polar surface area (TPSA) is 80.9 Å². The van der Waals surface area contributed by atoms with Gasteiger partial charge in [-0.05, 0) is 43.3 Å². The van der Waals surface area contributed by atoms with Crippen LogP contribution >= 0.6 is 11.6 Å². The van der Waals surface area contributed by atoms with Crippen molar-refractivity contribution >= 4 is 34.2 Å². The van der Waals surface area contributed by atoms with Gasteiger partial charge in [-0.2, -0.15) is 0 Å². The first kappa shape index (κ1) is 16.2. The molecule has 0 aliphatic carbocycles. The van der Waals surface area contributed by atoms with Crippen molar-refractivity contribution in [2.45, 2.75) is 6.92 Å². The van der Waals surface area contributed by atoms with Crippen molar-refractivity contribution in [1.82, 2.24) is 15.1 Å². The SMILES string of the molecule is Cc1cc(NC(=O)c2cc(-c3ccncc3)nc3ccc(Cl)cc23)no1. The van der Waals surface area contributed by atoms with Crippen molar-refractivity contribution in [1.29, 1.82) is 0 Å². The van der Waals surface area contributed by atoms with Crippen LogP contribution in [0.3, 0.4) is 0 Å². The van der Waals surface area contributed by atoms with Crippen LogP contribution in [0.25, 0.3) is 22.2 Å². The minimum absolute atomic E-state index is 0.316. The lowest BCUT2D eigenvalue weighted by molar-refractivity contribution is 0.102. The van der Waals surface area contributed by atoms with Crippen LogP contribution in [-0.4, -0.2) is 21.0 Å². The van der Waals surface area contributed by atoms with Gasteiger partial charge in [0.25, 0.3) is 5.91 Å². The van der Waals surface area contributed by atoms with Crippen LogP contribution in [0.4, 0.5) is 5.82 Å². The van der Waals surface area contributed by atoms with E-state index in [1.807, 2.05) is 12.1 Å².